The van der Waals surface area contributed by atoms with Gasteiger partial charge in [0.2, 0.25) is 0 Å². The Balaban J connectivity index is 1.63. The number of hydrogen-bond donors (Lipinski definition) is 0. The Morgan fingerprint density at radius 3 is 2.67 bits per heavy atom. The van der Waals surface area contributed by atoms with Crippen LogP contribution in [0.5, 0.6) is 5.75 Å². The maximum atomic E-state index is 12.9. The highest BCUT2D eigenvalue weighted by molar-refractivity contribution is 7.18. The van der Waals surface area contributed by atoms with Crippen LogP contribution in [0.1, 0.15) is 11.9 Å². The molecule has 124 valence electrons. The molecule has 0 aliphatic rings. The summed E-state index contributed by atoms with van der Waals surface area (Å²) in [4.78, 5) is 18.6. The normalized spacial score (nSPS) is 12.1. The van der Waals surface area contributed by atoms with Gasteiger partial charge in [-0.05, 0) is 43.3 Å². The minimum atomic E-state index is -0.658. The number of nitrogens with zero attached hydrogens (tertiary/aromatic N) is 2. The third-order valence-electron chi connectivity index (χ3n) is 3.56. The van der Waals surface area contributed by atoms with Gasteiger partial charge in [0, 0.05) is 7.05 Å². The standard InChI is InChI=1S/C18H17FN2O2S/c1-12(23-14-9-7-13(19)8-10-14)18(22)21(2)11-17-20-15-5-3-4-6-16(15)24-17/h3-10,12H,11H2,1-2H3/t12-/m0/s1. The third-order valence-corrected chi connectivity index (χ3v) is 4.58. The Labute approximate surface area is 143 Å². The maximum Gasteiger partial charge on any atom is 0.263 e. The molecule has 0 saturated heterocycles. The van der Waals surface area contributed by atoms with Crippen molar-refractivity contribution in [1.29, 1.82) is 0 Å². The van der Waals surface area contributed by atoms with Crippen molar-refractivity contribution in [2.75, 3.05) is 7.05 Å². The van der Waals surface area contributed by atoms with Crippen molar-refractivity contribution >= 4 is 27.5 Å². The Morgan fingerprint density at radius 2 is 1.96 bits per heavy atom. The van der Waals surface area contributed by atoms with E-state index in [9.17, 15) is 9.18 Å². The van der Waals surface area contributed by atoms with Crippen LogP contribution in [0.15, 0.2) is 48.5 Å². The lowest BCUT2D eigenvalue weighted by Gasteiger charge is -2.21. The highest BCUT2D eigenvalue weighted by Gasteiger charge is 2.20. The molecule has 0 saturated carbocycles. The van der Waals surface area contributed by atoms with Gasteiger partial charge in [-0.15, -0.1) is 11.3 Å². The molecule has 0 radical (unpaired) electrons. The van der Waals surface area contributed by atoms with E-state index in [-0.39, 0.29) is 11.7 Å². The second-order valence-corrected chi connectivity index (χ2v) is 6.60. The van der Waals surface area contributed by atoms with Gasteiger partial charge in [0.05, 0.1) is 16.8 Å². The van der Waals surface area contributed by atoms with Gasteiger partial charge in [0.25, 0.3) is 5.91 Å². The van der Waals surface area contributed by atoms with Crippen molar-refractivity contribution < 1.29 is 13.9 Å². The van der Waals surface area contributed by atoms with Crippen LogP contribution in [-0.2, 0) is 11.3 Å². The van der Waals surface area contributed by atoms with Crippen molar-refractivity contribution in [2.24, 2.45) is 0 Å². The first-order chi connectivity index (χ1) is 11.5. The van der Waals surface area contributed by atoms with E-state index in [1.807, 2.05) is 24.3 Å². The van der Waals surface area contributed by atoms with Crippen LogP contribution in [0, 0.1) is 5.82 Å². The molecular formula is C18H17FN2O2S. The number of aromatic nitrogens is 1. The summed E-state index contributed by atoms with van der Waals surface area (Å²) >= 11 is 1.57. The lowest BCUT2D eigenvalue weighted by molar-refractivity contribution is -0.137. The van der Waals surface area contributed by atoms with Crippen molar-refractivity contribution in [1.82, 2.24) is 9.88 Å². The van der Waals surface area contributed by atoms with E-state index in [1.165, 1.54) is 24.3 Å². The number of carbonyl (C=O) groups is 1. The van der Waals surface area contributed by atoms with E-state index in [2.05, 4.69) is 4.98 Å². The number of halogens is 1. The number of hydrogen-bond acceptors (Lipinski definition) is 4. The Bertz CT molecular complexity index is 815. The van der Waals surface area contributed by atoms with Gasteiger partial charge in [-0.3, -0.25) is 4.79 Å². The van der Waals surface area contributed by atoms with Gasteiger partial charge in [0.1, 0.15) is 16.6 Å². The second-order valence-electron chi connectivity index (χ2n) is 5.48. The summed E-state index contributed by atoms with van der Waals surface area (Å²) in [5.74, 6) is -0.0292. The Hall–Kier alpha value is -2.47. The molecule has 1 heterocycles. The molecule has 0 bridgehead atoms. The fraction of sp³-hybridized carbons (Fsp3) is 0.222. The molecule has 1 aromatic heterocycles. The number of ether oxygens (including phenoxy) is 1. The third kappa shape index (κ3) is 3.71. The summed E-state index contributed by atoms with van der Waals surface area (Å²) in [6, 6.07) is 13.5. The number of rotatable bonds is 5. The molecule has 1 atom stereocenters. The zero-order valence-corrected chi connectivity index (χ0v) is 14.2. The minimum Gasteiger partial charge on any atom is -0.481 e. The zero-order chi connectivity index (χ0) is 17.1. The predicted molar refractivity (Wildman–Crippen MR) is 92.6 cm³/mol. The zero-order valence-electron chi connectivity index (χ0n) is 13.4. The molecule has 0 N–H and O–H groups in total. The molecule has 4 nitrogen and oxygen atoms in total. The fourth-order valence-electron chi connectivity index (χ4n) is 2.35. The Kier molecular flexibility index (Phi) is 4.76. The first kappa shape index (κ1) is 16.4. The lowest BCUT2D eigenvalue weighted by Crippen LogP contribution is -2.37. The van der Waals surface area contributed by atoms with Crippen LogP contribution >= 0.6 is 11.3 Å². The number of para-hydroxylation sites is 1. The van der Waals surface area contributed by atoms with Gasteiger partial charge in [-0.1, -0.05) is 12.1 Å². The van der Waals surface area contributed by atoms with Gasteiger partial charge < -0.3 is 9.64 Å². The molecule has 0 unspecified atom stereocenters. The summed E-state index contributed by atoms with van der Waals surface area (Å²) in [6.07, 6.45) is -0.658. The molecule has 3 aromatic rings. The van der Waals surface area contributed by atoms with Crippen LogP contribution in [0.25, 0.3) is 10.2 Å². The van der Waals surface area contributed by atoms with Gasteiger partial charge in [-0.2, -0.15) is 0 Å². The first-order valence-electron chi connectivity index (χ1n) is 7.54. The SMILES string of the molecule is C[C@H](Oc1ccc(F)cc1)C(=O)N(C)Cc1nc2ccccc2s1. The molecule has 6 heteroatoms. The summed E-state index contributed by atoms with van der Waals surface area (Å²) in [5.41, 5.74) is 0.939. The highest BCUT2D eigenvalue weighted by atomic mass is 32.1. The summed E-state index contributed by atoms with van der Waals surface area (Å²) in [5, 5.41) is 0.876. The van der Waals surface area contributed by atoms with Gasteiger partial charge >= 0.3 is 0 Å². The fourth-order valence-corrected chi connectivity index (χ4v) is 3.37. The molecule has 0 fully saturated rings. The van der Waals surface area contributed by atoms with Crippen molar-refractivity contribution in [3.8, 4) is 5.75 Å². The molecular weight excluding hydrogens is 327 g/mol. The van der Waals surface area contributed by atoms with Crippen molar-refractivity contribution in [3.05, 3.63) is 59.4 Å². The molecule has 3 rings (SSSR count). The number of amides is 1. The summed E-state index contributed by atoms with van der Waals surface area (Å²) < 4.78 is 19.6. The topological polar surface area (TPSA) is 42.4 Å². The molecule has 0 aliphatic heterocycles. The van der Waals surface area contributed by atoms with Crippen LogP contribution in [0.4, 0.5) is 4.39 Å². The number of thiazole rings is 1. The molecule has 1 amide bonds. The van der Waals surface area contributed by atoms with E-state index in [0.717, 1.165) is 15.2 Å². The predicted octanol–water partition coefficient (Wildman–Crippen LogP) is 3.86. The van der Waals surface area contributed by atoms with Gasteiger partial charge in [0.15, 0.2) is 6.10 Å². The number of carbonyl (C=O) groups excluding carboxylic acids is 1. The van der Waals surface area contributed by atoms with Crippen LogP contribution in [0.2, 0.25) is 0 Å². The highest BCUT2D eigenvalue weighted by Crippen LogP contribution is 2.22. The lowest BCUT2D eigenvalue weighted by atomic mass is 10.3. The number of likely N-dealkylation sites (N-methyl/N-ethyl adjacent to an activating group) is 1. The molecule has 0 spiro atoms. The Morgan fingerprint density at radius 1 is 1.25 bits per heavy atom. The largest absolute Gasteiger partial charge is 0.481 e. The van der Waals surface area contributed by atoms with Gasteiger partial charge in [-0.25, -0.2) is 9.37 Å². The van der Waals surface area contributed by atoms with Crippen LogP contribution < -0.4 is 4.74 Å². The van der Waals surface area contributed by atoms with E-state index >= 15 is 0 Å². The van der Waals surface area contributed by atoms with E-state index in [1.54, 1.807) is 30.2 Å². The first-order valence-corrected chi connectivity index (χ1v) is 8.36. The van der Waals surface area contributed by atoms with Crippen LogP contribution in [-0.4, -0.2) is 28.9 Å². The smallest absolute Gasteiger partial charge is 0.263 e. The quantitative estimate of drug-likeness (QED) is 0.706. The molecule has 2 aromatic carbocycles. The molecule has 24 heavy (non-hydrogen) atoms. The summed E-state index contributed by atoms with van der Waals surface area (Å²) in [7, 11) is 1.72. The minimum absolute atomic E-state index is 0.154. The monoisotopic (exact) mass is 344 g/mol. The number of benzene rings is 2. The maximum absolute atomic E-state index is 12.9. The molecule has 0 aliphatic carbocycles. The second kappa shape index (κ2) is 6.97. The average molecular weight is 344 g/mol. The van der Waals surface area contributed by atoms with E-state index < -0.39 is 6.10 Å². The number of fused-ring (bicyclic) bond motifs is 1. The van der Waals surface area contributed by atoms with Crippen LogP contribution in [0.3, 0.4) is 0 Å². The van der Waals surface area contributed by atoms with E-state index in [0.29, 0.717) is 12.3 Å². The van der Waals surface area contributed by atoms with E-state index in [4.69, 9.17) is 4.74 Å². The van der Waals surface area contributed by atoms with Crippen molar-refractivity contribution in [3.63, 3.8) is 0 Å². The summed E-state index contributed by atoms with van der Waals surface area (Å²) in [6.45, 7) is 2.11. The van der Waals surface area contributed by atoms with Crippen molar-refractivity contribution in [2.45, 2.75) is 19.6 Å². The average Bonchev–Trinajstić information content (AvgIpc) is 2.98.